The van der Waals surface area contributed by atoms with E-state index in [9.17, 15) is 0 Å². The van der Waals surface area contributed by atoms with Crippen LogP contribution < -0.4 is 16.7 Å². The van der Waals surface area contributed by atoms with E-state index in [1.54, 1.807) is 0 Å². The van der Waals surface area contributed by atoms with Crippen molar-refractivity contribution < 1.29 is 0 Å². The van der Waals surface area contributed by atoms with E-state index in [1.165, 1.54) is 23.8 Å². The minimum absolute atomic E-state index is 0.269. The molecule has 3 heterocycles. The van der Waals surface area contributed by atoms with Crippen LogP contribution in [0.25, 0.3) is 5.95 Å². The van der Waals surface area contributed by atoms with Gasteiger partial charge in [0.25, 0.3) is 5.95 Å². The number of nitrogens with two attached hydrogens (primary N) is 1. The van der Waals surface area contributed by atoms with Gasteiger partial charge in [-0.15, -0.1) is 0 Å². The third-order valence-corrected chi connectivity index (χ3v) is 2.99. The summed E-state index contributed by atoms with van der Waals surface area (Å²) < 4.78 is 1.45. The van der Waals surface area contributed by atoms with Crippen molar-refractivity contribution in [3.8, 4) is 5.95 Å². The maximum Gasteiger partial charge on any atom is 0.258 e. The molecule has 0 atom stereocenters. The Bertz CT molecular complexity index is 547. The molecule has 1 aliphatic rings. The number of hydrogen-bond acceptors (Lipinski definition) is 9. The largest absolute Gasteiger partial charge is 0.292 e. The molecule has 4 N–H and O–H groups in total. The number of nitrogens with zero attached hydrogens (tertiary/aromatic N) is 7. The highest BCUT2D eigenvalue weighted by atomic mass is 15.6. The SMILES string of the molecule is NNc1nc(NN2CCCCC2)nc(-n2cncn2)n1. The lowest BCUT2D eigenvalue weighted by atomic mass is 10.2. The summed E-state index contributed by atoms with van der Waals surface area (Å²) in [6.45, 7) is 1.94. The molecule has 1 saturated heterocycles. The smallest absolute Gasteiger partial charge is 0.258 e. The molecule has 20 heavy (non-hydrogen) atoms. The number of nitrogen functional groups attached to an aromatic ring is 1. The summed E-state index contributed by atoms with van der Waals surface area (Å²) in [4.78, 5) is 16.5. The van der Waals surface area contributed by atoms with Crippen LogP contribution in [-0.2, 0) is 0 Å². The summed E-state index contributed by atoms with van der Waals surface area (Å²) in [5.74, 6) is 6.44. The van der Waals surface area contributed by atoms with Gasteiger partial charge in [0.15, 0.2) is 0 Å². The van der Waals surface area contributed by atoms with Crippen molar-refractivity contribution in [1.82, 2.24) is 34.7 Å². The van der Waals surface area contributed by atoms with Crippen LogP contribution in [0, 0.1) is 0 Å². The van der Waals surface area contributed by atoms with Crippen LogP contribution >= 0.6 is 0 Å². The minimum atomic E-state index is 0.269. The zero-order chi connectivity index (χ0) is 13.8. The molecule has 10 heteroatoms. The topological polar surface area (TPSA) is 123 Å². The molecule has 2 aromatic rings. The first-order chi connectivity index (χ1) is 9.85. The number of rotatable bonds is 4. The molecule has 0 unspecified atom stereocenters. The van der Waals surface area contributed by atoms with Gasteiger partial charge in [0.2, 0.25) is 11.9 Å². The first kappa shape index (κ1) is 12.7. The van der Waals surface area contributed by atoms with Crippen LogP contribution in [-0.4, -0.2) is 47.8 Å². The van der Waals surface area contributed by atoms with Gasteiger partial charge in [0, 0.05) is 13.1 Å². The molecule has 106 valence electrons. The zero-order valence-electron chi connectivity index (χ0n) is 10.9. The van der Waals surface area contributed by atoms with Crippen molar-refractivity contribution in [3.05, 3.63) is 12.7 Å². The molecular formula is C10H16N10. The summed E-state index contributed by atoms with van der Waals surface area (Å²) in [5.41, 5.74) is 5.60. The molecule has 0 radical (unpaired) electrons. The number of nitrogens with one attached hydrogen (secondary N) is 2. The minimum Gasteiger partial charge on any atom is -0.292 e. The Kier molecular flexibility index (Phi) is 3.65. The summed E-state index contributed by atoms with van der Waals surface area (Å²) in [6, 6.07) is 0. The summed E-state index contributed by atoms with van der Waals surface area (Å²) in [7, 11) is 0. The summed E-state index contributed by atoms with van der Waals surface area (Å²) >= 11 is 0. The van der Waals surface area contributed by atoms with Crippen LogP contribution in [0.15, 0.2) is 12.7 Å². The van der Waals surface area contributed by atoms with Gasteiger partial charge in [-0.05, 0) is 12.8 Å². The van der Waals surface area contributed by atoms with Gasteiger partial charge in [-0.3, -0.25) is 10.9 Å². The lowest BCUT2D eigenvalue weighted by molar-refractivity contribution is 0.271. The van der Waals surface area contributed by atoms with Crippen molar-refractivity contribution in [2.75, 3.05) is 23.9 Å². The summed E-state index contributed by atoms with van der Waals surface area (Å²) in [6.07, 6.45) is 6.51. The van der Waals surface area contributed by atoms with Gasteiger partial charge in [-0.1, -0.05) is 6.42 Å². The van der Waals surface area contributed by atoms with Crippen molar-refractivity contribution >= 4 is 11.9 Å². The monoisotopic (exact) mass is 276 g/mol. The van der Waals surface area contributed by atoms with E-state index in [1.807, 2.05) is 0 Å². The van der Waals surface area contributed by atoms with Gasteiger partial charge in [-0.25, -0.2) is 15.8 Å². The third kappa shape index (κ3) is 2.81. The van der Waals surface area contributed by atoms with Gasteiger partial charge in [-0.2, -0.15) is 24.7 Å². The Morgan fingerprint density at radius 3 is 2.55 bits per heavy atom. The average molecular weight is 276 g/mol. The van der Waals surface area contributed by atoms with Crippen LogP contribution in [0.5, 0.6) is 0 Å². The molecule has 10 nitrogen and oxygen atoms in total. The Morgan fingerprint density at radius 1 is 1.05 bits per heavy atom. The Hall–Kier alpha value is -2.33. The molecule has 2 aromatic heterocycles. The highest BCUT2D eigenvalue weighted by molar-refractivity contribution is 5.36. The first-order valence-corrected chi connectivity index (χ1v) is 6.44. The Morgan fingerprint density at radius 2 is 1.85 bits per heavy atom. The maximum absolute atomic E-state index is 5.38. The number of piperidine rings is 1. The molecule has 0 amide bonds. The normalized spacial score (nSPS) is 16.1. The van der Waals surface area contributed by atoms with E-state index in [0.717, 1.165) is 25.9 Å². The zero-order valence-corrected chi connectivity index (χ0v) is 10.9. The second-order valence-corrected chi connectivity index (χ2v) is 4.43. The van der Waals surface area contributed by atoms with Crippen LogP contribution in [0.1, 0.15) is 19.3 Å². The molecule has 0 spiro atoms. The van der Waals surface area contributed by atoms with Gasteiger partial charge < -0.3 is 0 Å². The quantitative estimate of drug-likeness (QED) is 0.503. The van der Waals surface area contributed by atoms with Crippen LogP contribution in [0.3, 0.4) is 0 Å². The number of anilines is 2. The van der Waals surface area contributed by atoms with Crippen molar-refractivity contribution in [2.24, 2.45) is 5.84 Å². The van der Waals surface area contributed by atoms with Crippen LogP contribution in [0.4, 0.5) is 11.9 Å². The molecule has 0 aliphatic carbocycles. The fourth-order valence-electron chi connectivity index (χ4n) is 2.04. The molecule has 3 rings (SSSR count). The fraction of sp³-hybridized carbons (Fsp3) is 0.500. The molecule has 0 bridgehead atoms. The third-order valence-electron chi connectivity index (χ3n) is 2.99. The fourth-order valence-corrected chi connectivity index (χ4v) is 2.04. The predicted octanol–water partition coefficient (Wildman–Crippen LogP) is -0.449. The molecule has 1 aliphatic heterocycles. The lowest BCUT2D eigenvalue weighted by Gasteiger charge is -2.26. The molecular weight excluding hydrogens is 260 g/mol. The van der Waals surface area contributed by atoms with E-state index in [2.05, 4.69) is 40.9 Å². The van der Waals surface area contributed by atoms with Crippen molar-refractivity contribution in [1.29, 1.82) is 0 Å². The van der Waals surface area contributed by atoms with Crippen molar-refractivity contribution in [3.63, 3.8) is 0 Å². The second-order valence-electron chi connectivity index (χ2n) is 4.43. The highest BCUT2D eigenvalue weighted by Gasteiger charge is 2.13. The number of hydrazine groups is 2. The maximum atomic E-state index is 5.38. The van der Waals surface area contributed by atoms with Gasteiger partial charge >= 0.3 is 0 Å². The Balaban J connectivity index is 1.84. The predicted molar refractivity (Wildman–Crippen MR) is 71.6 cm³/mol. The molecule has 1 fully saturated rings. The summed E-state index contributed by atoms with van der Waals surface area (Å²) in [5, 5.41) is 6.08. The van der Waals surface area contributed by atoms with E-state index in [0.29, 0.717) is 11.9 Å². The molecule has 0 saturated carbocycles. The lowest BCUT2D eigenvalue weighted by Crippen LogP contribution is -2.35. The van der Waals surface area contributed by atoms with E-state index in [4.69, 9.17) is 5.84 Å². The second kappa shape index (κ2) is 5.75. The van der Waals surface area contributed by atoms with Crippen molar-refractivity contribution in [2.45, 2.75) is 19.3 Å². The van der Waals surface area contributed by atoms with Crippen LogP contribution in [0.2, 0.25) is 0 Å². The Labute approximate surface area is 115 Å². The van der Waals surface area contributed by atoms with Gasteiger partial charge in [0.05, 0.1) is 0 Å². The number of hydrogen-bond donors (Lipinski definition) is 3. The number of aromatic nitrogens is 6. The molecule has 0 aromatic carbocycles. The van der Waals surface area contributed by atoms with E-state index in [-0.39, 0.29) is 5.95 Å². The van der Waals surface area contributed by atoms with E-state index >= 15 is 0 Å². The standard InChI is InChI=1S/C10H16N10/c11-17-8-14-9(18-19-4-2-1-3-5-19)16-10(15-8)20-7-12-6-13-20/h6-7H,1-5,11H2,(H2,14,15,16,17,18). The average Bonchev–Trinajstić information content (AvgIpc) is 3.02. The highest BCUT2D eigenvalue weighted by Crippen LogP contribution is 2.12. The first-order valence-electron chi connectivity index (χ1n) is 6.44. The van der Waals surface area contributed by atoms with Gasteiger partial charge in [0.1, 0.15) is 12.7 Å². The van der Waals surface area contributed by atoms with E-state index < -0.39 is 0 Å².